The lowest BCUT2D eigenvalue weighted by atomic mass is 10.6. The second-order valence-electron chi connectivity index (χ2n) is 3.42. The van der Waals surface area contributed by atoms with Crippen molar-refractivity contribution < 1.29 is 22.2 Å². The van der Waals surface area contributed by atoms with Crippen LogP contribution in [0.2, 0.25) is 0 Å². The molecule has 0 bridgehead atoms. The Hall–Kier alpha value is -1.68. The molecule has 23 heavy (non-hydrogen) atoms. The first-order valence-corrected chi connectivity index (χ1v) is 6.12. The van der Waals surface area contributed by atoms with Crippen LogP contribution in [-0.2, 0) is 0 Å². The standard InChI is InChI=1S/C4H12N4O3.C4H12N2O.CH4.N2O2/c1-7(8(11)6-10)3-2-5-4-9;1-5-2-3-6-4-7;;3-1-2-4/h5,9,11H,2-4H2,1H3;5-7H,2-4H2,1H3;1H4;/p+2. The molecule has 0 saturated carbocycles. The van der Waals surface area contributed by atoms with Gasteiger partial charge in [-0.05, 0) is 7.05 Å². The van der Waals surface area contributed by atoms with Crippen molar-refractivity contribution in [2.45, 2.75) is 7.43 Å². The number of aliphatic hydroxyl groups excluding tert-OH is 2. The van der Waals surface area contributed by atoms with Crippen molar-refractivity contribution in [1.82, 2.24) is 20.9 Å². The third-order valence-electron chi connectivity index (χ3n) is 1.86. The van der Waals surface area contributed by atoms with E-state index in [1.54, 1.807) is 15.9 Å². The Labute approximate surface area is 136 Å². The molecule has 140 valence electrons. The van der Waals surface area contributed by atoms with E-state index in [1.807, 2.05) is 7.05 Å². The summed E-state index contributed by atoms with van der Waals surface area (Å²) in [6.45, 7) is 2.81. The molecular weight excluding hydrogens is 316 g/mol. The average Bonchev–Trinajstić information content (AvgIpc) is 2.55. The molecule has 0 aromatic heterocycles. The van der Waals surface area contributed by atoms with Crippen molar-refractivity contribution in [2.24, 2.45) is 15.9 Å². The first-order chi connectivity index (χ1) is 10.5. The van der Waals surface area contributed by atoms with E-state index in [2.05, 4.69) is 15.9 Å². The molecule has 0 atom stereocenters. The lowest BCUT2D eigenvalue weighted by Crippen LogP contribution is -2.85. The Morgan fingerprint density at radius 1 is 1.17 bits per heavy atom. The SMILES string of the molecule is C.CN(CC[NH2+]CO)N(O)N=O.CNCCNCO.O=NN=O.[H+]. The fourth-order valence-corrected chi connectivity index (χ4v) is 0.814. The second-order valence-corrected chi connectivity index (χ2v) is 3.42. The van der Waals surface area contributed by atoms with Crippen molar-refractivity contribution in [1.29, 1.82) is 0 Å². The third-order valence-corrected chi connectivity index (χ3v) is 1.86. The molecule has 0 aliphatic carbocycles. The molecule has 14 nitrogen and oxygen atoms in total. The summed E-state index contributed by atoms with van der Waals surface area (Å²) in [7, 11) is 3.38. The zero-order chi connectivity index (χ0) is 17.6. The molecule has 0 fully saturated rings. The number of likely N-dealkylation sites (N-methyl/N-ethyl adjacent to an activating group) is 2. The Balaban J connectivity index is -0.0000000806. The maximum atomic E-state index is 9.70. The summed E-state index contributed by atoms with van der Waals surface area (Å²) in [5.74, 6) is 0. The molecule has 0 heterocycles. The van der Waals surface area contributed by atoms with Crippen molar-refractivity contribution in [3.05, 3.63) is 14.7 Å². The smallest absolute Gasteiger partial charge is 0.381 e. The molecule has 0 radical (unpaired) electrons. The number of hydrogen-bond acceptors (Lipinski definition) is 10. The summed E-state index contributed by atoms with van der Waals surface area (Å²) in [6.07, 6.45) is 0. The first kappa shape index (κ1) is 29.3. The molecule has 0 aromatic rings. The van der Waals surface area contributed by atoms with E-state index in [4.69, 9.17) is 25.2 Å². The normalized spacial score (nSPS) is 8.61. The Morgan fingerprint density at radius 3 is 2.09 bits per heavy atom. The van der Waals surface area contributed by atoms with Gasteiger partial charge in [-0.3, -0.25) is 10.5 Å². The maximum absolute atomic E-state index is 9.70. The van der Waals surface area contributed by atoms with Crippen LogP contribution in [0.3, 0.4) is 0 Å². The highest BCUT2D eigenvalue weighted by Gasteiger charge is 2.05. The van der Waals surface area contributed by atoms with Crippen LogP contribution >= 0.6 is 0 Å². The van der Waals surface area contributed by atoms with E-state index in [-0.39, 0.29) is 27.6 Å². The highest BCUT2D eigenvalue weighted by Crippen LogP contribution is 1.86. The van der Waals surface area contributed by atoms with Gasteiger partial charge in [0, 0.05) is 20.1 Å². The molecule has 0 aliphatic heterocycles. The quantitative estimate of drug-likeness (QED) is 0.102. The van der Waals surface area contributed by atoms with E-state index in [1.165, 1.54) is 12.1 Å². The number of nitrogens with one attached hydrogen (secondary N) is 2. The van der Waals surface area contributed by atoms with Gasteiger partial charge in [-0.1, -0.05) is 12.7 Å². The fraction of sp³-hybridized carbons (Fsp3) is 1.00. The van der Waals surface area contributed by atoms with Crippen molar-refractivity contribution in [3.8, 4) is 0 Å². The number of nitroso groups, excluding NO2 is 3. The van der Waals surface area contributed by atoms with Crippen molar-refractivity contribution in [2.75, 3.05) is 53.7 Å². The third kappa shape index (κ3) is 33.3. The van der Waals surface area contributed by atoms with Gasteiger partial charge in [-0.25, -0.2) is 0 Å². The van der Waals surface area contributed by atoms with Crippen molar-refractivity contribution in [3.63, 3.8) is 0 Å². The second kappa shape index (κ2) is 28.5. The van der Waals surface area contributed by atoms with E-state index in [9.17, 15) is 4.91 Å². The zero-order valence-corrected chi connectivity index (χ0v) is 12.6. The Kier molecular flexibility index (Phi) is 36.3. The minimum Gasteiger partial charge on any atom is -0.381 e. The summed E-state index contributed by atoms with van der Waals surface area (Å²) in [6, 6.07) is 0. The van der Waals surface area contributed by atoms with Gasteiger partial charge in [0.25, 0.3) is 0 Å². The van der Waals surface area contributed by atoms with Gasteiger partial charge in [-0.15, -0.1) is 14.7 Å². The summed E-state index contributed by atoms with van der Waals surface area (Å²) in [5, 5.41) is 39.2. The van der Waals surface area contributed by atoms with Gasteiger partial charge in [0.05, 0.1) is 25.1 Å². The minimum atomic E-state index is -0.00616. The van der Waals surface area contributed by atoms with Gasteiger partial charge in [-0.2, -0.15) is 5.01 Å². The van der Waals surface area contributed by atoms with E-state index in [0.29, 0.717) is 13.1 Å². The predicted octanol–water partition coefficient (Wildman–Crippen LogP) is -2.35. The first-order valence-electron chi connectivity index (χ1n) is 6.12. The summed E-state index contributed by atoms with van der Waals surface area (Å²) >= 11 is 0. The molecule has 0 rings (SSSR count). The number of rotatable bonds is 11. The van der Waals surface area contributed by atoms with Gasteiger partial charge >= 0.3 is 1.43 Å². The van der Waals surface area contributed by atoms with Crippen LogP contribution in [0.4, 0.5) is 0 Å². The van der Waals surface area contributed by atoms with Crippen LogP contribution < -0.4 is 16.0 Å². The van der Waals surface area contributed by atoms with E-state index < -0.39 is 0 Å². The minimum absolute atomic E-state index is 0. The molecule has 7 N–H and O–H groups in total. The molecule has 14 heteroatoms. The van der Waals surface area contributed by atoms with Crippen LogP contribution in [0.5, 0.6) is 0 Å². The molecule has 0 unspecified atom stereocenters. The van der Waals surface area contributed by atoms with Crippen LogP contribution in [-0.4, -0.2) is 79.4 Å². The topological polar surface area (TPSA) is 196 Å². The van der Waals surface area contributed by atoms with Crippen LogP contribution in [0, 0.1) is 14.7 Å². The lowest BCUT2D eigenvalue weighted by Gasteiger charge is -2.17. The number of hydrogen-bond donors (Lipinski definition) is 6. The van der Waals surface area contributed by atoms with E-state index >= 15 is 0 Å². The highest BCUT2D eigenvalue weighted by molar-refractivity contribution is 4.40. The molecule has 0 saturated heterocycles. The van der Waals surface area contributed by atoms with Crippen LogP contribution in [0.25, 0.3) is 0 Å². The number of nitrogens with two attached hydrogens (primary N) is 1. The zero-order valence-electron chi connectivity index (χ0n) is 13.6. The molecule has 0 amide bonds. The average molecular weight is 346 g/mol. The predicted molar refractivity (Wildman–Crippen MR) is 84.4 cm³/mol. The highest BCUT2D eigenvalue weighted by atomic mass is 16.6. The molecule has 0 aromatic carbocycles. The summed E-state index contributed by atoms with van der Waals surface area (Å²) in [4.78, 5) is 26.6. The maximum Gasteiger partial charge on any atom is 1.00 e. The van der Waals surface area contributed by atoms with Gasteiger partial charge in [0.15, 0.2) is 6.73 Å². The number of nitrogens with zero attached hydrogens (tertiary/aromatic N) is 5. The van der Waals surface area contributed by atoms with Gasteiger partial charge in [0.1, 0.15) is 10.6 Å². The summed E-state index contributed by atoms with van der Waals surface area (Å²) in [5.41, 5.74) is 0. The monoisotopic (exact) mass is 346 g/mol. The Bertz CT molecular complexity index is 246. The largest absolute Gasteiger partial charge is 1.00 e. The lowest BCUT2D eigenvalue weighted by molar-refractivity contribution is -0.684. The molecule has 0 spiro atoms. The van der Waals surface area contributed by atoms with E-state index in [0.717, 1.165) is 13.1 Å². The van der Waals surface area contributed by atoms with Crippen LogP contribution in [0.1, 0.15) is 8.85 Å². The summed E-state index contributed by atoms with van der Waals surface area (Å²) < 4.78 is 0. The van der Waals surface area contributed by atoms with Gasteiger partial charge < -0.3 is 20.8 Å². The Morgan fingerprint density at radius 2 is 1.74 bits per heavy atom. The molecule has 0 aliphatic rings. The van der Waals surface area contributed by atoms with Gasteiger partial charge in [0.2, 0.25) is 0 Å². The van der Waals surface area contributed by atoms with Crippen molar-refractivity contribution >= 4 is 0 Å². The number of aliphatic hydroxyl groups is 2. The van der Waals surface area contributed by atoms with Crippen LogP contribution in [0.15, 0.2) is 15.9 Å². The number of hydrazine groups is 1. The fourth-order valence-electron chi connectivity index (χ4n) is 0.814. The molecular formula is C9H30N8O6+2. The number of quaternary nitrogens is 1.